The minimum absolute atomic E-state index is 0.533. The molecule has 1 nitrogen and oxygen atoms in total. The van der Waals surface area contributed by atoms with E-state index >= 15 is 0 Å². The van der Waals surface area contributed by atoms with Gasteiger partial charge >= 0.3 is 6.18 Å². The SMILES string of the molecule is Fc1ccccc1OC(=S)C(F)(F)F. The summed E-state index contributed by atoms with van der Waals surface area (Å²) < 4.78 is 52.6. The molecule has 14 heavy (non-hydrogen) atoms. The van der Waals surface area contributed by atoms with Crippen LogP contribution in [0.3, 0.4) is 0 Å². The van der Waals surface area contributed by atoms with Crippen LogP contribution in [0.5, 0.6) is 5.75 Å². The van der Waals surface area contributed by atoms with Crippen molar-refractivity contribution in [3.8, 4) is 5.75 Å². The van der Waals surface area contributed by atoms with E-state index in [0.717, 1.165) is 12.1 Å². The molecule has 0 aliphatic rings. The van der Waals surface area contributed by atoms with Gasteiger partial charge in [0, 0.05) is 0 Å². The molecule has 0 N–H and O–H groups in total. The third-order valence-corrected chi connectivity index (χ3v) is 1.59. The Kier molecular flexibility index (Phi) is 3.05. The van der Waals surface area contributed by atoms with Gasteiger partial charge in [0.15, 0.2) is 11.6 Å². The number of alkyl halides is 3. The first-order valence-corrected chi connectivity index (χ1v) is 3.85. The van der Waals surface area contributed by atoms with Crippen LogP contribution in [0.15, 0.2) is 24.3 Å². The minimum Gasteiger partial charge on any atom is -0.438 e. The van der Waals surface area contributed by atoms with Crippen molar-refractivity contribution in [1.82, 2.24) is 0 Å². The highest BCUT2D eigenvalue weighted by atomic mass is 32.1. The molecule has 1 aromatic carbocycles. The number of para-hydroxylation sites is 1. The Morgan fingerprint density at radius 2 is 1.79 bits per heavy atom. The summed E-state index contributed by atoms with van der Waals surface area (Å²) in [4.78, 5) is 0. The topological polar surface area (TPSA) is 9.23 Å². The van der Waals surface area contributed by atoms with E-state index in [1.54, 1.807) is 0 Å². The van der Waals surface area contributed by atoms with E-state index in [-0.39, 0.29) is 0 Å². The predicted molar refractivity (Wildman–Crippen MR) is 45.7 cm³/mol. The van der Waals surface area contributed by atoms with E-state index < -0.39 is 22.8 Å². The van der Waals surface area contributed by atoms with Crippen molar-refractivity contribution in [2.45, 2.75) is 6.18 Å². The van der Waals surface area contributed by atoms with Crippen LogP contribution >= 0.6 is 12.2 Å². The predicted octanol–water partition coefficient (Wildman–Crippen LogP) is 3.09. The molecule has 6 heteroatoms. The first-order chi connectivity index (χ1) is 6.41. The zero-order valence-corrected chi connectivity index (χ0v) is 7.45. The summed E-state index contributed by atoms with van der Waals surface area (Å²) in [6.45, 7) is 0. The van der Waals surface area contributed by atoms with E-state index in [1.807, 2.05) is 0 Å². The maximum atomic E-state index is 12.8. The van der Waals surface area contributed by atoms with Crippen LogP contribution in [0.4, 0.5) is 17.6 Å². The molecule has 0 heterocycles. The molecule has 0 bridgehead atoms. The molecule has 0 aliphatic heterocycles. The fourth-order valence-electron chi connectivity index (χ4n) is 0.685. The quantitative estimate of drug-likeness (QED) is 0.535. The molecular formula is C8H4F4OS. The molecule has 0 saturated heterocycles. The van der Waals surface area contributed by atoms with Gasteiger partial charge in [-0.05, 0) is 24.4 Å². The van der Waals surface area contributed by atoms with Crippen LogP contribution in [0.1, 0.15) is 0 Å². The van der Waals surface area contributed by atoms with E-state index in [4.69, 9.17) is 0 Å². The van der Waals surface area contributed by atoms with E-state index in [0.29, 0.717) is 0 Å². The maximum Gasteiger partial charge on any atom is 0.460 e. The van der Waals surface area contributed by atoms with Crippen LogP contribution in [-0.4, -0.2) is 11.2 Å². The van der Waals surface area contributed by atoms with Gasteiger partial charge < -0.3 is 4.74 Å². The molecule has 0 fully saturated rings. The Balaban J connectivity index is 2.80. The zero-order valence-electron chi connectivity index (χ0n) is 6.64. The van der Waals surface area contributed by atoms with Crippen molar-refractivity contribution in [2.24, 2.45) is 0 Å². The lowest BCUT2D eigenvalue weighted by molar-refractivity contribution is -0.0678. The Hall–Kier alpha value is -1.17. The van der Waals surface area contributed by atoms with Gasteiger partial charge in [0.05, 0.1) is 0 Å². The normalized spacial score (nSPS) is 11.1. The van der Waals surface area contributed by atoms with Crippen molar-refractivity contribution in [2.75, 3.05) is 0 Å². The third kappa shape index (κ3) is 2.66. The minimum atomic E-state index is -4.75. The number of rotatable bonds is 1. The second kappa shape index (κ2) is 3.91. The largest absolute Gasteiger partial charge is 0.460 e. The highest BCUT2D eigenvalue weighted by Gasteiger charge is 2.37. The van der Waals surface area contributed by atoms with E-state index in [2.05, 4.69) is 17.0 Å². The lowest BCUT2D eigenvalue weighted by Crippen LogP contribution is -2.26. The Morgan fingerprint density at radius 1 is 1.21 bits per heavy atom. The van der Waals surface area contributed by atoms with Gasteiger partial charge in [0.25, 0.3) is 5.05 Å². The van der Waals surface area contributed by atoms with Gasteiger partial charge in [-0.3, -0.25) is 0 Å². The third-order valence-electron chi connectivity index (χ3n) is 1.27. The van der Waals surface area contributed by atoms with Crippen molar-refractivity contribution < 1.29 is 22.3 Å². The number of hydrogen-bond acceptors (Lipinski definition) is 2. The monoisotopic (exact) mass is 224 g/mol. The summed E-state index contributed by atoms with van der Waals surface area (Å²) in [5, 5.41) is -1.61. The fourth-order valence-corrected chi connectivity index (χ4v) is 0.775. The standard InChI is InChI=1S/C8H4F4OS/c9-5-3-1-2-4-6(5)13-7(14)8(10,11)12/h1-4H. The fraction of sp³-hybridized carbons (Fsp3) is 0.125. The van der Waals surface area contributed by atoms with Gasteiger partial charge in [-0.15, -0.1) is 0 Å². The second-order valence-electron chi connectivity index (χ2n) is 2.32. The molecule has 0 spiro atoms. The molecule has 0 saturated carbocycles. The highest BCUT2D eigenvalue weighted by molar-refractivity contribution is 7.80. The molecule has 0 atom stereocenters. The first kappa shape index (κ1) is 10.9. The van der Waals surface area contributed by atoms with Crippen molar-refractivity contribution in [1.29, 1.82) is 0 Å². The maximum absolute atomic E-state index is 12.8. The summed E-state index contributed by atoms with van der Waals surface area (Å²) in [7, 11) is 0. The molecule has 1 aromatic rings. The number of benzene rings is 1. The Labute approximate surface area is 82.3 Å². The molecular weight excluding hydrogens is 220 g/mol. The second-order valence-corrected chi connectivity index (χ2v) is 2.69. The van der Waals surface area contributed by atoms with Gasteiger partial charge in [-0.2, -0.15) is 13.2 Å². The number of thiocarbonyl (C=S) groups is 1. The Bertz CT molecular complexity index is 347. The average Bonchev–Trinajstić information content (AvgIpc) is 2.07. The summed E-state index contributed by atoms with van der Waals surface area (Å²) in [6, 6.07) is 4.72. The number of hydrogen-bond donors (Lipinski definition) is 0. The average molecular weight is 224 g/mol. The van der Waals surface area contributed by atoms with Crippen molar-refractivity contribution in [3.63, 3.8) is 0 Å². The molecule has 76 valence electrons. The summed E-state index contributed by atoms with van der Waals surface area (Å²) in [5.41, 5.74) is 0. The van der Waals surface area contributed by atoms with E-state index in [9.17, 15) is 17.6 Å². The lowest BCUT2D eigenvalue weighted by atomic mass is 10.3. The number of ether oxygens (including phenoxy) is 1. The Morgan fingerprint density at radius 3 is 2.29 bits per heavy atom. The lowest BCUT2D eigenvalue weighted by Gasteiger charge is -2.09. The summed E-state index contributed by atoms with van der Waals surface area (Å²) >= 11 is 3.92. The highest BCUT2D eigenvalue weighted by Crippen LogP contribution is 2.22. The van der Waals surface area contributed by atoms with Crippen LogP contribution in [0, 0.1) is 5.82 Å². The van der Waals surface area contributed by atoms with Gasteiger partial charge in [0.2, 0.25) is 0 Å². The van der Waals surface area contributed by atoms with Gasteiger partial charge in [0.1, 0.15) is 0 Å². The molecule has 0 unspecified atom stereocenters. The molecule has 0 aliphatic carbocycles. The van der Waals surface area contributed by atoms with Crippen LogP contribution in [0.25, 0.3) is 0 Å². The summed E-state index contributed by atoms with van der Waals surface area (Å²) in [5.74, 6) is -1.42. The molecule has 0 radical (unpaired) electrons. The zero-order chi connectivity index (χ0) is 10.8. The van der Waals surface area contributed by atoms with Gasteiger partial charge in [-0.1, -0.05) is 12.1 Å². The molecule has 1 rings (SSSR count). The van der Waals surface area contributed by atoms with Crippen LogP contribution in [0.2, 0.25) is 0 Å². The van der Waals surface area contributed by atoms with E-state index in [1.165, 1.54) is 12.1 Å². The van der Waals surface area contributed by atoms with Crippen molar-refractivity contribution >= 4 is 17.3 Å². The van der Waals surface area contributed by atoms with Crippen molar-refractivity contribution in [3.05, 3.63) is 30.1 Å². The van der Waals surface area contributed by atoms with Gasteiger partial charge in [-0.25, -0.2) is 4.39 Å². The first-order valence-electron chi connectivity index (χ1n) is 3.45. The summed E-state index contributed by atoms with van der Waals surface area (Å²) in [6.07, 6.45) is -4.75. The smallest absolute Gasteiger partial charge is 0.438 e. The van der Waals surface area contributed by atoms with Crippen LogP contribution in [-0.2, 0) is 0 Å². The van der Waals surface area contributed by atoms with Crippen LogP contribution < -0.4 is 4.74 Å². The molecule has 0 amide bonds. The number of halogens is 4. The molecule has 0 aromatic heterocycles.